The molecule has 0 spiro atoms. The molecule has 1 aliphatic heterocycles. The molecule has 1 saturated heterocycles. The molecule has 278 valence electrons. The molecule has 8 unspecified atom stereocenters. The lowest BCUT2D eigenvalue weighted by molar-refractivity contribution is -0.298. The maximum atomic E-state index is 12.9. The zero-order chi connectivity index (χ0) is 35.1. The maximum Gasteiger partial charge on any atom is 0.397 e. The van der Waals surface area contributed by atoms with E-state index in [1.807, 2.05) is 0 Å². The van der Waals surface area contributed by atoms with Crippen molar-refractivity contribution in [3.05, 3.63) is 12.2 Å². The van der Waals surface area contributed by atoms with Crippen molar-refractivity contribution in [2.75, 3.05) is 13.2 Å². The number of nitrogens with one attached hydrogen (secondary N) is 1. The average molecular weight is 698 g/mol. The molecule has 0 saturated carbocycles. The van der Waals surface area contributed by atoms with Gasteiger partial charge in [-0.2, -0.15) is 8.42 Å². The number of allylic oxidation sites excluding steroid dienone is 1. The van der Waals surface area contributed by atoms with Crippen LogP contribution >= 0.6 is 0 Å². The minimum atomic E-state index is -5.10. The molecule has 0 aromatic heterocycles. The van der Waals surface area contributed by atoms with Crippen molar-refractivity contribution in [3.63, 3.8) is 0 Å². The molecule has 0 aromatic rings. The standard InChI is InChI=1S/C33H63NO12S/c1-3-5-7-9-10-11-12-13-14-15-16-18-20-22-27(37)32(40)34-25(26(36)21-19-17-8-6-4-2)24-44-33-30(39)31(46-47(41,42)43)29(38)28(23-35)45-33/h19,21,25-31,33,35-39H,3-18,20,22-24H2,1-2H3,(H,34,40)(H,41,42,43)/b21-19+. The minimum absolute atomic E-state index is 0.245. The fraction of sp³-hybridized carbons (Fsp3) is 0.909. The third kappa shape index (κ3) is 19.5. The van der Waals surface area contributed by atoms with Gasteiger partial charge in [-0.3, -0.25) is 9.35 Å². The summed E-state index contributed by atoms with van der Waals surface area (Å²) in [5.74, 6) is -0.711. The van der Waals surface area contributed by atoms with E-state index in [0.717, 1.165) is 38.5 Å². The Morgan fingerprint density at radius 2 is 1.38 bits per heavy atom. The molecule has 1 aliphatic rings. The molecule has 47 heavy (non-hydrogen) atoms. The molecule has 1 rings (SSSR count). The summed E-state index contributed by atoms with van der Waals surface area (Å²) in [5, 5.41) is 54.3. The van der Waals surface area contributed by atoms with Gasteiger partial charge in [0.2, 0.25) is 5.91 Å². The number of ether oxygens (including phenoxy) is 2. The summed E-state index contributed by atoms with van der Waals surface area (Å²) in [4.78, 5) is 12.9. The monoisotopic (exact) mass is 697 g/mol. The van der Waals surface area contributed by atoms with Gasteiger partial charge in [0.25, 0.3) is 0 Å². The van der Waals surface area contributed by atoms with Gasteiger partial charge >= 0.3 is 10.4 Å². The first-order valence-electron chi connectivity index (χ1n) is 17.7. The Balaban J connectivity index is 2.64. The third-order valence-corrected chi connectivity index (χ3v) is 8.89. The molecule has 1 fully saturated rings. The summed E-state index contributed by atoms with van der Waals surface area (Å²) in [5.41, 5.74) is 0. The van der Waals surface area contributed by atoms with Gasteiger partial charge in [-0.1, -0.05) is 122 Å². The van der Waals surface area contributed by atoms with E-state index in [-0.39, 0.29) is 6.42 Å². The van der Waals surface area contributed by atoms with Crippen molar-refractivity contribution in [1.82, 2.24) is 5.32 Å². The normalized spacial score (nSPS) is 24.0. The quantitative estimate of drug-likeness (QED) is 0.0356. The second-order valence-electron chi connectivity index (χ2n) is 12.6. The molecule has 7 N–H and O–H groups in total. The van der Waals surface area contributed by atoms with E-state index in [1.165, 1.54) is 63.9 Å². The highest BCUT2D eigenvalue weighted by atomic mass is 32.3. The van der Waals surface area contributed by atoms with Gasteiger partial charge in [-0.15, -0.1) is 0 Å². The van der Waals surface area contributed by atoms with Crippen LogP contribution in [0.2, 0.25) is 0 Å². The largest absolute Gasteiger partial charge is 0.397 e. The number of unbranched alkanes of at least 4 members (excludes halogenated alkanes) is 15. The van der Waals surface area contributed by atoms with Crippen molar-refractivity contribution in [1.29, 1.82) is 0 Å². The zero-order valence-corrected chi connectivity index (χ0v) is 29.3. The lowest BCUT2D eigenvalue weighted by Crippen LogP contribution is -2.61. The Morgan fingerprint density at radius 1 is 0.851 bits per heavy atom. The average Bonchev–Trinajstić information content (AvgIpc) is 3.03. The Bertz CT molecular complexity index is 937. The fourth-order valence-electron chi connectivity index (χ4n) is 5.52. The van der Waals surface area contributed by atoms with Gasteiger partial charge in [0.15, 0.2) is 6.29 Å². The van der Waals surface area contributed by atoms with E-state index in [2.05, 4.69) is 23.3 Å². The molecular weight excluding hydrogens is 634 g/mol. The van der Waals surface area contributed by atoms with Crippen molar-refractivity contribution in [3.8, 4) is 0 Å². The van der Waals surface area contributed by atoms with Gasteiger partial charge in [0, 0.05) is 0 Å². The number of hydrogen-bond donors (Lipinski definition) is 7. The van der Waals surface area contributed by atoms with E-state index in [4.69, 9.17) is 14.0 Å². The van der Waals surface area contributed by atoms with Gasteiger partial charge in [-0.05, 0) is 19.3 Å². The van der Waals surface area contributed by atoms with Crippen LogP contribution < -0.4 is 5.32 Å². The highest BCUT2D eigenvalue weighted by molar-refractivity contribution is 7.80. The summed E-state index contributed by atoms with van der Waals surface area (Å²) < 4.78 is 46.9. The Kier molecular flexibility index (Phi) is 24.0. The highest BCUT2D eigenvalue weighted by Gasteiger charge is 2.48. The Morgan fingerprint density at radius 3 is 1.91 bits per heavy atom. The lowest BCUT2D eigenvalue weighted by atomic mass is 9.99. The number of aliphatic hydroxyl groups excluding tert-OH is 5. The summed E-state index contributed by atoms with van der Waals surface area (Å²) in [6.07, 6.45) is 11.0. The number of rotatable bonds is 28. The predicted octanol–water partition coefficient (Wildman–Crippen LogP) is 3.45. The van der Waals surface area contributed by atoms with E-state index in [1.54, 1.807) is 6.08 Å². The van der Waals surface area contributed by atoms with Crippen LogP contribution in [0.5, 0.6) is 0 Å². The van der Waals surface area contributed by atoms with Crippen molar-refractivity contribution in [2.24, 2.45) is 0 Å². The summed E-state index contributed by atoms with van der Waals surface area (Å²) in [6, 6.07) is -1.11. The number of aliphatic hydroxyl groups is 5. The fourth-order valence-corrected chi connectivity index (χ4v) is 6.02. The predicted molar refractivity (Wildman–Crippen MR) is 178 cm³/mol. The Hall–Kier alpha value is -1.20. The van der Waals surface area contributed by atoms with Crippen LogP contribution in [-0.2, 0) is 28.9 Å². The van der Waals surface area contributed by atoms with Crippen LogP contribution in [0.15, 0.2) is 12.2 Å². The second kappa shape index (κ2) is 25.7. The zero-order valence-electron chi connectivity index (χ0n) is 28.5. The second-order valence-corrected chi connectivity index (χ2v) is 13.7. The molecule has 8 atom stereocenters. The van der Waals surface area contributed by atoms with Gasteiger partial charge in [0.1, 0.15) is 30.5 Å². The molecule has 1 heterocycles. The van der Waals surface area contributed by atoms with Crippen LogP contribution in [0.1, 0.15) is 129 Å². The minimum Gasteiger partial charge on any atom is -0.394 e. The molecule has 0 aliphatic carbocycles. The first-order valence-corrected chi connectivity index (χ1v) is 19.0. The van der Waals surface area contributed by atoms with Crippen LogP contribution in [-0.4, -0.2) is 107 Å². The molecular formula is C33H63NO12S. The highest BCUT2D eigenvalue weighted by Crippen LogP contribution is 2.26. The van der Waals surface area contributed by atoms with Gasteiger partial charge in [0.05, 0.1) is 25.4 Å². The van der Waals surface area contributed by atoms with Crippen molar-refractivity contribution >= 4 is 16.3 Å². The van der Waals surface area contributed by atoms with Gasteiger partial charge < -0.3 is 40.3 Å². The van der Waals surface area contributed by atoms with E-state index in [0.29, 0.717) is 12.8 Å². The van der Waals surface area contributed by atoms with E-state index < -0.39 is 78.5 Å². The summed E-state index contributed by atoms with van der Waals surface area (Å²) >= 11 is 0. The van der Waals surface area contributed by atoms with Gasteiger partial charge in [-0.25, -0.2) is 4.18 Å². The van der Waals surface area contributed by atoms with Crippen molar-refractivity contribution in [2.45, 2.75) is 178 Å². The maximum absolute atomic E-state index is 12.9. The van der Waals surface area contributed by atoms with E-state index >= 15 is 0 Å². The van der Waals surface area contributed by atoms with Crippen LogP contribution in [0, 0.1) is 0 Å². The Labute approximate surface area is 282 Å². The van der Waals surface area contributed by atoms with E-state index in [9.17, 15) is 38.7 Å². The molecule has 13 nitrogen and oxygen atoms in total. The van der Waals surface area contributed by atoms with Crippen LogP contribution in [0.4, 0.5) is 0 Å². The number of carbonyl (C=O) groups is 1. The lowest BCUT2D eigenvalue weighted by Gasteiger charge is -2.41. The number of amides is 1. The molecule has 1 amide bonds. The first-order chi connectivity index (χ1) is 22.4. The van der Waals surface area contributed by atoms with Crippen molar-refractivity contribution < 1.29 is 57.0 Å². The first kappa shape index (κ1) is 43.8. The summed E-state index contributed by atoms with van der Waals surface area (Å²) in [6.45, 7) is 3.03. The van der Waals surface area contributed by atoms with Crippen LogP contribution in [0.25, 0.3) is 0 Å². The third-order valence-electron chi connectivity index (χ3n) is 8.43. The molecule has 0 bridgehead atoms. The molecule has 0 radical (unpaired) electrons. The number of carbonyl (C=O) groups excluding carboxylic acids is 1. The number of hydrogen-bond acceptors (Lipinski definition) is 11. The SMILES string of the molecule is CCCCC/C=C/C(O)C(COC1OC(CO)C(O)C(OS(=O)(=O)O)C1O)NC(=O)C(O)CCCCCCCCCCCCCCC. The molecule has 0 aromatic carbocycles. The smallest absolute Gasteiger partial charge is 0.394 e. The summed E-state index contributed by atoms with van der Waals surface area (Å²) in [7, 11) is -5.10. The topological polar surface area (TPSA) is 212 Å². The molecule has 14 heteroatoms. The van der Waals surface area contributed by atoms with Crippen LogP contribution in [0.3, 0.4) is 0 Å².